The summed E-state index contributed by atoms with van der Waals surface area (Å²) in [6.07, 6.45) is -0.228. The molecular weight excluding hydrogens is 500 g/mol. The topological polar surface area (TPSA) is 64.1 Å². The molecule has 0 bridgehead atoms. The number of guanidine groups is 1. The standard InChI is InChI=1S/C22H30FN3O3.HI/c1-4-24-22(25-15-17(2)29-21-11-6-5-10-20(21)23)26-16-18-8-7-9-19(14-18)28-13-12-27-3;/h5-11,14,17H,4,12-13,15-16H2,1-3H3,(H2,24,25,26);1H. The number of benzene rings is 2. The normalized spacial score (nSPS) is 11.9. The van der Waals surface area contributed by atoms with Gasteiger partial charge in [0.1, 0.15) is 18.5 Å². The molecule has 0 aliphatic carbocycles. The lowest BCUT2D eigenvalue weighted by Gasteiger charge is -2.18. The maximum atomic E-state index is 13.7. The van der Waals surface area contributed by atoms with E-state index in [4.69, 9.17) is 14.2 Å². The van der Waals surface area contributed by atoms with Gasteiger partial charge in [-0.15, -0.1) is 24.0 Å². The van der Waals surface area contributed by atoms with E-state index in [2.05, 4.69) is 15.6 Å². The van der Waals surface area contributed by atoms with Gasteiger partial charge in [0.05, 0.1) is 19.7 Å². The van der Waals surface area contributed by atoms with E-state index in [1.165, 1.54) is 6.07 Å². The van der Waals surface area contributed by atoms with E-state index in [1.54, 1.807) is 25.3 Å². The Bertz CT molecular complexity index is 777. The van der Waals surface area contributed by atoms with Crippen LogP contribution in [-0.2, 0) is 11.3 Å². The summed E-state index contributed by atoms with van der Waals surface area (Å²) in [7, 11) is 1.64. The molecule has 166 valence electrons. The molecule has 2 aromatic rings. The second-order valence-electron chi connectivity index (χ2n) is 6.42. The Balaban J connectivity index is 0.00000450. The van der Waals surface area contributed by atoms with Crippen LogP contribution in [0.1, 0.15) is 19.4 Å². The summed E-state index contributed by atoms with van der Waals surface area (Å²) in [4.78, 5) is 4.60. The Labute approximate surface area is 195 Å². The highest BCUT2D eigenvalue weighted by atomic mass is 127. The third-order valence-corrected chi connectivity index (χ3v) is 3.94. The molecule has 2 N–H and O–H groups in total. The second-order valence-corrected chi connectivity index (χ2v) is 6.42. The van der Waals surface area contributed by atoms with Crippen molar-refractivity contribution in [3.63, 3.8) is 0 Å². The zero-order valence-corrected chi connectivity index (χ0v) is 20.0. The highest BCUT2D eigenvalue weighted by Crippen LogP contribution is 2.17. The van der Waals surface area contributed by atoms with Gasteiger partial charge >= 0.3 is 0 Å². The Hall–Kier alpha value is -2.07. The Morgan fingerprint density at radius 2 is 1.90 bits per heavy atom. The fourth-order valence-electron chi connectivity index (χ4n) is 2.53. The van der Waals surface area contributed by atoms with Gasteiger partial charge in [0, 0.05) is 13.7 Å². The monoisotopic (exact) mass is 531 g/mol. The summed E-state index contributed by atoms with van der Waals surface area (Å²) in [5, 5.41) is 6.43. The molecule has 0 aliphatic heterocycles. The van der Waals surface area contributed by atoms with Crippen LogP contribution in [-0.4, -0.2) is 45.5 Å². The molecule has 0 fully saturated rings. The van der Waals surface area contributed by atoms with E-state index >= 15 is 0 Å². The minimum absolute atomic E-state index is 0. The molecule has 2 aromatic carbocycles. The molecular formula is C22H31FIN3O3. The predicted octanol–water partition coefficient (Wildman–Crippen LogP) is 3.99. The highest BCUT2D eigenvalue weighted by Gasteiger charge is 2.09. The van der Waals surface area contributed by atoms with Gasteiger partial charge in [0.25, 0.3) is 0 Å². The van der Waals surface area contributed by atoms with E-state index in [1.807, 2.05) is 38.1 Å². The van der Waals surface area contributed by atoms with Crippen LogP contribution in [0.25, 0.3) is 0 Å². The lowest BCUT2D eigenvalue weighted by Crippen LogP contribution is -2.41. The van der Waals surface area contributed by atoms with Gasteiger partial charge in [-0.1, -0.05) is 24.3 Å². The fraction of sp³-hybridized carbons (Fsp3) is 0.409. The molecule has 0 aromatic heterocycles. The number of halogens is 2. The Kier molecular flexibility index (Phi) is 12.8. The fourth-order valence-corrected chi connectivity index (χ4v) is 2.53. The van der Waals surface area contributed by atoms with Crippen molar-refractivity contribution in [2.75, 3.05) is 33.4 Å². The minimum atomic E-state index is -0.368. The Morgan fingerprint density at radius 3 is 2.63 bits per heavy atom. The number of nitrogens with one attached hydrogen (secondary N) is 2. The maximum absolute atomic E-state index is 13.7. The van der Waals surface area contributed by atoms with Crippen molar-refractivity contribution in [2.24, 2.45) is 4.99 Å². The lowest BCUT2D eigenvalue weighted by atomic mass is 10.2. The van der Waals surface area contributed by atoms with Crippen molar-refractivity contribution >= 4 is 29.9 Å². The first kappa shape index (κ1) is 26.0. The van der Waals surface area contributed by atoms with Crippen LogP contribution in [0.2, 0.25) is 0 Å². The summed E-state index contributed by atoms with van der Waals surface area (Å²) >= 11 is 0. The van der Waals surface area contributed by atoms with Gasteiger partial charge in [-0.05, 0) is 43.7 Å². The molecule has 0 saturated heterocycles. The average molecular weight is 531 g/mol. The molecule has 0 aliphatic rings. The van der Waals surface area contributed by atoms with Crippen molar-refractivity contribution < 1.29 is 18.6 Å². The van der Waals surface area contributed by atoms with Gasteiger partial charge in [-0.3, -0.25) is 0 Å². The minimum Gasteiger partial charge on any atom is -0.491 e. The third kappa shape index (κ3) is 9.62. The van der Waals surface area contributed by atoms with E-state index < -0.39 is 0 Å². The molecule has 8 heteroatoms. The third-order valence-electron chi connectivity index (χ3n) is 3.94. The average Bonchev–Trinajstić information content (AvgIpc) is 2.72. The lowest BCUT2D eigenvalue weighted by molar-refractivity contribution is 0.146. The molecule has 2 rings (SSSR count). The van der Waals surface area contributed by atoms with E-state index in [-0.39, 0.29) is 41.6 Å². The summed E-state index contributed by atoms with van der Waals surface area (Å²) < 4.78 is 30.0. The van der Waals surface area contributed by atoms with Gasteiger partial charge < -0.3 is 24.8 Å². The Morgan fingerprint density at radius 1 is 1.10 bits per heavy atom. The predicted molar refractivity (Wildman–Crippen MR) is 129 cm³/mol. The van der Waals surface area contributed by atoms with Crippen molar-refractivity contribution in [1.29, 1.82) is 0 Å². The summed E-state index contributed by atoms with van der Waals surface area (Å²) in [6, 6.07) is 14.2. The van der Waals surface area contributed by atoms with Crippen LogP contribution in [0.5, 0.6) is 11.5 Å². The van der Waals surface area contributed by atoms with Crippen LogP contribution < -0.4 is 20.1 Å². The number of hydrogen-bond acceptors (Lipinski definition) is 4. The summed E-state index contributed by atoms with van der Waals surface area (Å²) in [5.74, 6) is 1.34. The van der Waals surface area contributed by atoms with Gasteiger partial charge in [-0.25, -0.2) is 9.38 Å². The number of rotatable bonds is 11. The zero-order chi connectivity index (χ0) is 20.9. The van der Waals surface area contributed by atoms with Crippen LogP contribution in [0, 0.1) is 5.82 Å². The first-order chi connectivity index (χ1) is 14.1. The van der Waals surface area contributed by atoms with Crippen molar-refractivity contribution in [1.82, 2.24) is 10.6 Å². The first-order valence-electron chi connectivity index (χ1n) is 9.76. The maximum Gasteiger partial charge on any atom is 0.191 e. The largest absolute Gasteiger partial charge is 0.491 e. The molecule has 0 spiro atoms. The molecule has 0 radical (unpaired) electrons. The van der Waals surface area contributed by atoms with E-state index in [0.717, 1.165) is 17.9 Å². The number of para-hydroxylation sites is 1. The molecule has 6 nitrogen and oxygen atoms in total. The molecule has 0 amide bonds. The molecule has 0 heterocycles. The molecule has 0 saturated carbocycles. The molecule has 30 heavy (non-hydrogen) atoms. The van der Waals surface area contributed by atoms with Crippen LogP contribution >= 0.6 is 24.0 Å². The smallest absolute Gasteiger partial charge is 0.191 e. The number of ether oxygens (including phenoxy) is 3. The van der Waals surface area contributed by atoms with Crippen LogP contribution in [0.4, 0.5) is 4.39 Å². The number of hydrogen-bond donors (Lipinski definition) is 2. The van der Waals surface area contributed by atoms with Crippen LogP contribution in [0.3, 0.4) is 0 Å². The van der Waals surface area contributed by atoms with Crippen LogP contribution in [0.15, 0.2) is 53.5 Å². The number of aliphatic imine (C=N–C) groups is 1. The van der Waals surface area contributed by atoms with Crippen molar-refractivity contribution in [3.05, 3.63) is 59.9 Å². The number of nitrogens with zero attached hydrogens (tertiary/aromatic N) is 1. The van der Waals surface area contributed by atoms with Crippen molar-refractivity contribution in [3.8, 4) is 11.5 Å². The second kappa shape index (κ2) is 14.8. The van der Waals surface area contributed by atoms with Crippen molar-refractivity contribution in [2.45, 2.75) is 26.5 Å². The van der Waals surface area contributed by atoms with Gasteiger partial charge in [-0.2, -0.15) is 0 Å². The summed E-state index contributed by atoms with van der Waals surface area (Å²) in [6.45, 7) is 6.65. The molecule has 1 unspecified atom stereocenters. The SMILES string of the molecule is CCNC(=NCc1cccc(OCCOC)c1)NCC(C)Oc1ccccc1F.I. The number of methoxy groups -OCH3 is 1. The van der Waals surface area contributed by atoms with Gasteiger partial charge in [0.2, 0.25) is 0 Å². The van der Waals surface area contributed by atoms with E-state index in [9.17, 15) is 4.39 Å². The van der Waals surface area contributed by atoms with Gasteiger partial charge in [0.15, 0.2) is 17.5 Å². The first-order valence-corrected chi connectivity index (χ1v) is 9.76. The quantitative estimate of drug-likeness (QED) is 0.199. The highest BCUT2D eigenvalue weighted by molar-refractivity contribution is 14.0. The zero-order valence-electron chi connectivity index (χ0n) is 17.7. The summed E-state index contributed by atoms with van der Waals surface area (Å²) in [5.41, 5.74) is 1.03. The molecule has 1 atom stereocenters. The van der Waals surface area contributed by atoms with E-state index in [0.29, 0.717) is 32.3 Å².